The van der Waals surface area contributed by atoms with Crippen molar-refractivity contribution in [2.75, 3.05) is 11.4 Å². The molecule has 1 fully saturated rings. The van der Waals surface area contributed by atoms with Gasteiger partial charge in [-0.05, 0) is 54.7 Å². The first kappa shape index (κ1) is 17.2. The van der Waals surface area contributed by atoms with Crippen LogP contribution in [-0.2, 0) is 22.4 Å². The maximum atomic E-state index is 12.4. The molecular weight excluding hydrogens is 344 g/mol. The predicted octanol–water partition coefficient (Wildman–Crippen LogP) is 1.38. The zero-order valence-electron chi connectivity index (χ0n) is 14.8. The highest BCUT2D eigenvalue weighted by atomic mass is 16.2. The fourth-order valence-corrected chi connectivity index (χ4v) is 3.65. The zero-order chi connectivity index (χ0) is 18.8. The van der Waals surface area contributed by atoms with Gasteiger partial charge >= 0.3 is 0 Å². The van der Waals surface area contributed by atoms with E-state index in [-0.39, 0.29) is 18.2 Å². The number of hydrazine groups is 1. The van der Waals surface area contributed by atoms with Crippen LogP contribution in [0.15, 0.2) is 42.7 Å². The normalized spacial score (nSPS) is 18.3. The van der Waals surface area contributed by atoms with Gasteiger partial charge in [0.2, 0.25) is 11.8 Å². The Labute approximate surface area is 156 Å². The van der Waals surface area contributed by atoms with Gasteiger partial charge in [-0.15, -0.1) is 0 Å². The van der Waals surface area contributed by atoms with Crippen LogP contribution in [0.25, 0.3) is 0 Å². The summed E-state index contributed by atoms with van der Waals surface area (Å²) < 4.78 is 0. The van der Waals surface area contributed by atoms with Gasteiger partial charge < -0.3 is 4.90 Å². The van der Waals surface area contributed by atoms with Crippen LogP contribution in [0.5, 0.6) is 0 Å². The summed E-state index contributed by atoms with van der Waals surface area (Å²) in [5.74, 6) is -1.40. The molecule has 2 aromatic rings. The van der Waals surface area contributed by atoms with Crippen molar-refractivity contribution < 1.29 is 14.4 Å². The van der Waals surface area contributed by atoms with Crippen molar-refractivity contribution >= 4 is 23.4 Å². The molecule has 1 aromatic carbocycles. The average molecular weight is 364 g/mol. The SMILES string of the molecule is O=C(NNC(=O)C1CC(=O)N(c2ccc3c(c2)CCC3)C1)c1cccnc1. The molecule has 4 rings (SSSR count). The Morgan fingerprint density at radius 2 is 1.96 bits per heavy atom. The number of pyridine rings is 1. The Morgan fingerprint density at radius 3 is 2.78 bits per heavy atom. The van der Waals surface area contributed by atoms with Crippen molar-refractivity contribution in [3.63, 3.8) is 0 Å². The number of nitrogens with zero attached hydrogens (tertiary/aromatic N) is 2. The van der Waals surface area contributed by atoms with E-state index in [4.69, 9.17) is 0 Å². The zero-order valence-corrected chi connectivity index (χ0v) is 14.8. The molecule has 1 atom stereocenters. The molecular formula is C20H20N4O3. The standard InChI is InChI=1S/C20H20N4O3/c25-18-10-16(20(27)23-22-19(26)15-5-2-8-21-11-15)12-24(18)17-7-6-13-3-1-4-14(13)9-17/h2,5-9,11,16H,1,3-4,10,12H2,(H,22,26)(H,23,27). The number of amides is 3. The average Bonchev–Trinajstić information content (AvgIpc) is 3.32. The van der Waals surface area contributed by atoms with Crippen LogP contribution in [0, 0.1) is 5.92 Å². The lowest BCUT2D eigenvalue weighted by atomic mass is 10.1. The van der Waals surface area contributed by atoms with Gasteiger partial charge in [-0.3, -0.25) is 30.2 Å². The molecule has 27 heavy (non-hydrogen) atoms. The van der Waals surface area contributed by atoms with Crippen molar-refractivity contribution in [2.24, 2.45) is 5.92 Å². The first-order chi connectivity index (χ1) is 13.1. The summed E-state index contributed by atoms with van der Waals surface area (Å²) in [5, 5.41) is 0. The van der Waals surface area contributed by atoms with Gasteiger partial charge in [0.15, 0.2) is 0 Å². The molecule has 2 N–H and O–H groups in total. The minimum atomic E-state index is -0.500. The maximum absolute atomic E-state index is 12.4. The minimum Gasteiger partial charge on any atom is -0.312 e. The molecule has 138 valence electrons. The third-order valence-electron chi connectivity index (χ3n) is 5.11. The number of rotatable bonds is 3. The van der Waals surface area contributed by atoms with Gasteiger partial charge in [-0.25, -0.2) is 0 Å². The van der Waals surface area contributed by atoms with Crippen LogP contribution < -0.4 is 15.8 Å². The fraction of sp³-hybridized carbons (Fsp3) is 0.300. The van der Waals surface area contributed by atoms with E-state index in [1.165, 1.54) is 17.3 Å². The molecule has 1 aromatic heterocycles. The molecule has 3 amide bonds. The second kappa shape index (κ2) is 7.19. The fourth-order valence-electron chi connectivity index (χ4n) is 3.65. The molecule has 0 radical (unpaired) electrons. The number of aryl methyl sites for hydroxylation is 2. The Balaban J connectivity index is 1.37. The van der Waals surface area contributed by atoms with Crippen LogP contribution in [-0.4, -0.2) is 29.3 Å². The summed E-state index contributed by atoms with van der Waals surface area (Å²) in [6.07, 6.45) is 6.38. The second-order valence-electron chi connectivity index (χ2n) is 6.90. The molecule has 1 saturated heterocycles. The number of fused-ring (bicyclic) bond motifs is 1. The van der Waals surface area contributed by atoms with E-state index >= 15 is 0 Å². The molecule has 0 spiro atoms. The number of carbonyl (C=O) groups is 3. The number of nitrogens with one attached hydrogen (secondary N) is 2. The number of anilines is 1. The Morgan fingerprint density at radius 1 is 1.11 bits per heavy atom. The second-order valence-corrected chi connectivity index (χ2v) is 6.90. The number of carbonyl (C=O) groups excluding carboxylic acids is 3. The van der Waals surface area contributed by atoms with Crippen molar-refractivity contribution in [3.05, 3.63) is 59.4 Å². The van der Waals surface area contributed by atoms with Crippen LogP contribution in [0.1, 0.15) is 34.3 Å². The van der Waals surface area contributed by atoms with Crippen LogP contribution in [0.3, 0.4) is 0 Å². The van der Waals surface area contributed by atoms with Gasteiger partial charge in [0.05, 0.1) is 11.5 Å². The lowest BCUT2D eigenvalue weighted by Gasteiger charge is -2.18. The van der Waals surface area contributed by atoms with E-state index in [1.54, 1.807) is 23.2 Å². The van der Waals surface area contributed by atoms with Gasteiger partial charge in [0, 0.05) is 31.0 Å². The summed E-state index contributed by atoms with van der Waals surface area (Å²) in [5.41, 5.74) is 8.61. The van der Waals surface area contributed by atoms with Crippen molar-refractivity contribution in [2.45, 2.75) is 25.7 Å². The highest BCUT2D eigenvalue weighted by molar-refractivity contribution is 6.01. The highest BCUT2D eigenvalue weighted by Gasteiger charge is 2.35. The van der Waals surface area contributed by atoms with E-state index < -0.39 is 11.8 Å². The predicted molar refractivity (Wildman–Crippen MR) is 98.8 cm³/mol. The molecule has 0 bridgehead atoms. The maximum Gasteiger partial charge on any atom is 0.271 e. The number of hydrogen-bond donors (Lipinski definition) is 2. The number of aromatic nitrogens is 1. The smallest absolute Gasteiger partial charge is 0.271 e. The Hall–Kier alpha value is -3.22. The topological polar surface area (TPSA) is 91.4 Å². The van der Waals surface area contributed by atoms with Crippen molar-refractivity contribution in [3.8, 4) is 0 Å². The van der Waals surface area contributed by atoms with Crippen molar-refractivity contribution in [1.29, 1.82) is 0 Å². The molecule has 1 aliphatic heterocycles. The molecule has 2 aliphatic rings. The first-order valence-corrected chi connectivity index (χ1v) is 9.04. The molecule has 1 aliphatic carbocycles. The lowest BCUT2D eigenvalue weighted by molar-refractivity contribution is -0.126. The number of benzene rings is 1. The monoisotopic (exact) mass is 364 g/mol. The van der Waals surface area contributed by atoms with Gasteiger partial charge in [-0.2, -0.15) is 0 Å². The van der Waals surface area contributed by atoms with Crippen LogP contribution in [0.2, 0.25) is 0 Å². The summed E-state index contributed by atoms with van der Waals surface area (Å²) in [4.78, 5) is 42.3. The Bertz CT molecular complexity index is 897. The molecule has 1 unspecified atom stereocenters. The Kier molecular flexibility index (Phi) is 4.58. The molecule has 7 nitrogen and oxygen atoms in total. The number of hydrogen-bond acceptors (Lipinski definition) is 4. The van der Waals surface area contributed by atoms with E-state index in [1.807, 2.05) is 6.07 Å². The van der Waals surface area contributed by atoms with E-state index in [0.717, 1.165) is 24.9 Å². The van der Waals surface area contributed by atoms with Crippen LogP contribution in [0.4, 0.5) is 5.69 Å². The largest absolute Gasteiger partial charge is 0.312 e. The summed E-state index contributed by atoms with van der Waals surface area (Å²) in [6.45, 7) is 0.312. The minimum absolute atomic E-state index is 0.0771. The first-order valence-electron chi connectivity index (χ1n) is 9.04. The van der Waals surface area contributed by atoms with Crippen molar-refractivity contribution in [1.82, 2.24) is 15.8 Å². The third-order valence-corrected chi connectivity index (χ3v) is 5.11. The molecule has 7 heteroatoms. The third kappa shape index (κ3) is 3.53. The lowest BCUT2D eigenvalue weighted by Crippen LogP contribution is -2.45. The van der Waals surface area contributed by atoms with Crippen LogP contribution >= 0.6 is 0 Å². The van der Waals surface area contributed by atoms with Gasteiger partial charge in [0.25, 0.3) is 5.91 Å². The summed E-state index contributed by atoms with van der Waals surface area (Å²) in [6, 6.07) is 9.33. The van der Waals surface area contributed by atoms with Gasteiger partial charge in [-0.1, -0.05) is 6.07 Å². The van der Waals surface area contributed by atoms with E-state index in [0.29, 0.717) is 12.1 Å². The van der Waals surface area contributed by atoms with E-state index in [2.05, 4.69) is 28.0 Å². The quantitative estimate of drug-likeness (QED) is 0.805. The molecule has 0 saturated carbocycles. The summed E-state index contributed by atoms with van der Waals surface area (Å²) >= 11 is 0. The van der Waals surface area contributed by atoms with Gasteiger partial charge in [0.1, 0.15) is 0 Å². The highest BCUT2D eigenvalue weighted by Crippen LogP contribution is 2.30. The summed E-state index contributed by atoms with van der Waals surface area (Å²) in [7, 11) is 0. The van der Waals surface area contributed by atoms with E-state index in [9.17, 15) is 14.4 Å². The molecule has 2 heterocycles.